The Morgan fingerprint density at radius 1 is 1.17 bits per heavy atom. The second-order valence-electron chi connectivity index (χ2n) is 4.47. The Bertz CT molecular complexity index is 770. The molecule has 0 aliphatic rings. The van der Waals surface area contributed by atoms with E-state index in [4.69, 9.17) is 11.6 Å². The molecule has 116 valence electrons. The van der Waals surface area contributed by atoms with Gasteiger partial charge in [-0.15, -0.1) is 0 Å². The third-order valence-corrected chi connectivity index (χ3v) is 3.02. The lowest BCUT2D eigenvalue weighted by Gasteiger charge is -1.96. The van der Waals surface area contributed by atoms with Crippen LogP contribution in [0.1, 0.15) is 11.1 Å². The second kappa shape index (κ2) is 7.86. The molecule has 0 aromatic heterocycles. The molecule has 1 N–H and O–H groups in total. The first-order valence-corrected chi connectivity index (χ1v) is 6.93. The number of hydrogen-bond donors (Lipinski definition) is 1. The first-order valence-electron chi connectivity index (χ1n) is 6.56. The van der Waals surface area contributed by atoms with Crippen LogP contribution in [0.5, 0.6) is 0 Å². The Morgan fingerprint density at radius 2 is 1.91 bits per heavy atom. The summed E-state index contributed by atoms with van der Waals surface area (Å²) in [6, 6.07) is 12.9. The minimum absolute atomic E-state index is 0.0390. The van der Waals surface area contributed by atoms with Crippen molar-refractivity contribution in [3.05, 3.63) is 80.9 Å². The number of carbonyl (C=O) groups excluding carboxylic acids is 1. The molecule has 0 radical (unpaired) electrons. The van der Waals surface area contributed by atoms with Gasteiger partial charge in [0.05, 0.1) is 11.1 Å². The lowest BCUT2D eigenvalue weighted by molar-refractivity contribution is -0.384. The van der Waals surface area contributed by atoms with Gasteiger partial charge in [0.25, 0.3) is 11.6 Å². The number of nitro groups is 1. The highest BCUT2D eigenvalue weighted by Gasteiger charge is 2.03. The molecular weight excluding hydrogens is 318 g/mol. The number of hydrogen-bond acceptors (Lipinski definition) is 4. The topological polar surface area (TPSA) is 84.6 Å². The molecule has 0 spiro atoms. The van der Waals surface area contributed by atoms with Gasteiger partial charge in [-0.2, -0.15) is 5.10 Å². The number of amides is 1. The number of nitrogens with zero attached hydrogens (tertiary/aromatic N) is 2. The first kappa shape index (κ1) is 16.4. The Labute approximate surface area is 137 Å². The monoisotopic (exact) mass is 329 g/mol. The molecule has 2 rings (SSSR count). The summed E-state index contributed by atoms with van der Waals surface area (Å²) < 4.78 is 0. The number of benzene rings is 2. The SMILES string of the molecule is O=C(/C=C/c1ccc(Cl)cc1)N/N=C\c1cccc([N+](=O)[O-])c1. The zero-order chi connectivity index (χ0) is 16.7. The minimum Gasteiger partial charge on any atom is -0.268 e. The Balaban J connectivity index is 1.92. The highest BCUT2D eigenvalue weighted by atomic mass is 35.5. The van der Waals surface area contributed by atoms with E-state index >= 15 is 0 Å². The molecule has 0 fully saturated rings. The van der Waals surface area contributed by atoms with Crippen molar-refractivity contribution in [3.63, 3.8) is 0 Å². The standard InChI is InChI=1S/C16H12ClN3O3/c17-14-7-4-12(5-8-14)6-9-16(21)19-18-11-13-2-1-3-15(10-13)20(22)23/h1-11H,(H,19,21)/b9-6+,18-11-. The van der Waals surface area contributed by atoms with Crippen LogP contribution < -0.4 is 5.43 Å². The zero-order valence-electron chi connectivity index (χ0n) is 11.8. The molecule has 6 nitrogen and oxygen atoms in total. The van der Waals surface area contributed by atoms with Crippen LogP contribution >= 0.6 is 11.6 Å². The summed E-state index contributed by atoms with van der Waals surface area (Å²) in [4.78, 5) is 21.8. The van der Waals surface area contributed by atoms with Gasteiger partial charge in [-0.1, -0.05) is 35.9 Å². The summed E-state index contributed by atoms with van der Waals surface area (Å²) in [5.74, 6) is -0.415. The van der Waals surface area contributed by atoms with Gasteiger partial charge in [-0.05, 0) is 23.8 Å². The van der Waals surface area contributed by atoms with E-state index in [0.717, 1.165) is 5.56 Å². The lowest BCUT2D eigenvalue weighted by Crippen LogP contribution is -2.14. The van der Waals surface area contributed by atoms with Crippen LogP contribution in [0.25, 0.3) is 6.08 Å². The maximum absolute atomic E-state index is 11.6. The number of halogens is 1. The third-order valence-electron chi connectivity index (χ3n) is 2.77. The molecule has 2 aromatic rings. The summed E-state index contributed by atoms with van der Waals surface area (Å²) in [6.45, 7) is 0. The quantitative estimate of drug-likeness (QED) is 0.395. The van der Waals surface area contributed by atoms with E-state index in [9.17, 15) is 14.9 Å². The van der Waals surface area contributed by atoms with Crippen LogP contribution in [-0.4, -0.2) is 17.0 Å². The van der Waals surface area contributed by atoms with Gasteiger partial charge in [0.2, 0.25) is 0 Å². The highest BCUT2D eigenvalue weighted by molar-refractivity contribution is 6.30. The molecule has 0 atom stereocenters. The fourth-order valence-corrected chi connectivity index (χ4v) is 1.80. The molecule has 23 heavy (non-hydrogen) atoms. The van der Waals surface area contributed by atoms with Crippen molar-refractivity contribution >= 4 is 35.5 Å². The van der Waals surface area contributed by atoms with E-state index in [0.29, 0.717) is 10.6 Å². The Kier molecular flexibility index (Phi) is 5.60. The minimum atomic E-state index is -0.495. The van der Waals surface area contributed by atoms with Gasteiger partial charge < -0.3 is 0 Å². The number of non-ortho nitro benzene ring substituents is 1. The van der Waals surface area contributed by atoms with Gasteiger partial charge in [0.15, 0.2) is 0 Å². The number of rotatable bonds is 5. The normalized spacial score (nSPS) is 11.0. The average Bonchev–Trinajstić information content (AvgIpc) is 2.54. The summed E-state index contributed by atoms with van der Waals surface area (Å²) >= 11 is 5.77. The van der Waals surface area contributed by atoms with Crippen molar-refractivity contribution in [2.45, 2.75) is 0 Å². The largest absolute Gasteiger partial charge is 0.270 e. The van der Waals surface area contributed by atoms with E-state index in [2.05, 4.69) is 10.5 Å². The molecule has 0 unspecified atom stereocenters. The van der Waals surface area contributed by atoms with E-state index in [1.165, 1.54) is 24.4 Å². The number of nitro benzene ring substituents is 1. The van der Waals surface area contributed by atoms with Gasteiger partial charge in [-0.3, -0.25) is 14.9 Å². The molecule has 0 aliphatic carbocycles. The maximum Gasteiger partial charge on any atom is 0.270 e. The van der Waals surface area contributed by atoms with E-state index in [1.54, 1.807) is 42.5 Å². The molecule has 0 aliphatic heterocycles. The average molecular weight is 330 g/mol. The van der Waals surface area contributed by atoms with Crippen LogP contribution in [0, 0.1) is 10.1 Å². The van der Waals surface area contributed by atoms with E-state index < -0.39 is 10.8 Å². The molecule has 0 saturated carbocycles. The number of carbonyl (C=O) groups is 1. The fraction of sp³-hybridized carbons (Fsp3) is 0. The summed E-state index contributed by atoms with van der Waals surface area (Å²) in [7, 11) is 0. The van der Waals surface area contributed by atoms with Gasteiger partial charge in [0.1, 0.15) is 0 Å². The molecule has 0 heterocycles. The van der Waals surface area contributed by atoms with Crippen molar-refractivity contribution < 1.29 is 9.72 Å². The van der Waals surface area contributed by atoms with Gasteiger partial charge in [0, 0.05) is 28.8 Å². The predicted molar refractivity (Wildman–Crippen MR) is 89.3 cm³/mol. The van der Waals surface area contributed by atoms with Gasteiger partial charge in [-0.25, -0.2) is 5.43 Å². The smallest absolute Gasteiger partial charge is 0.268 e. The van der Waals surface area contributed by atoms with Crippen molar-refractivity contribution in [2.75, 3.05) is 0 Å². The van der Waals surface area contributed by atoms with E-state index in [-0.39, 0.29) is 5.69 Å². The Hall–Kier alpha value is -2.99. The molecule has 0 saturated heterocycles. The first-order chi connectivity index (χ1) is 11.0. The van der Waals surface area contributed by atoms with Crippen molar-refractivity contribution in [1.29, 1.82) is 0 Å². The van der Waals surface area contributed by atoms with Crippen molar-refractivity contribution in [1.82, 2.24) is 5.43 Å². The third kappa shape index (κ3) is 5.37. The molecule has 7 heteroatoms. The van der Waals surface area contributed by atoms with E-state index in [1.807, 2.05) is 0 Å². The molecular formula is C16H12ClN3O3. The Morgan fingerprint density at radius 3 is 2.61 bits per heavy atom. The van der Waals surface area contributed by atoms with Crippen LogP contribution in [-0.2, 0) is 4.79 Å². The number of nitrogens with one attached hydrogen (secondary N) is 1. The lowest BCUT2D eigenvalue weighted by atomic mass is 10.2. The van der Waals surface area contributed by atoms with Crippen LogP contribution in [0.4, 0.5) is 5.69 Å². The van der Waals surface area contributed by atoms with Crippen molar-refractivity contribution in [2.24, 2.45) is 5.10 Å². The second-order valence-corrected chi connectivity index (χ2v) is 4.91. The highest BCUT2D eigenvalue weighted by Crippen LogP contribution is 2.11. The van der Waals surface area contributed by atoms with Crippen LogP contribution in [0.3, 0.4) is 0 Å². The molecule has 2 aromatic carbocycles. The molecule has 1 amide bonds. The maximum atomic E-state index is 11.6. The molecule has 0 bridgehead atoms. The summed E-state index contributed by atoms with van der Waals surface area (Å²) in [6.07, 6.45) is 4.28. The van der Waals surface area contributed by atoms with Crippen molar-refractivity contribution in [3.8, 4) is 0 Å². The van der Waals surface area contributed by atoms with Gasteiger partial charge >= 0.3 is 0 Å². The van der Waals surface area contributed by atoms with Crippen LogP contribution in [0.15, 0.2) is 59.7 Å². The zero-order valence-corrected chi connectivity index (χ0v) is 12.6. The predicted octanol–water partition coefficient (Wildman–Crippen LogP) is 3.41. The van der Waals surface area contributed by atoms with Crippen LogP contribution in [0.2, 0.25) is 5.02 Å². The summed E-state index contributed by atoms with van der Waals surface area (Å²) in [5.41, 5.74) is 3.61. The number of hydrazone groups is 1. The fourth-order valence-electron chi connectivity index (χ4n) is 1.67. The summed E-state index contributed by atoms with van der Waals surface area (Å²) in [5, 5.41) is 15.0.